The molecule has 3 heteroatoms. The summed E-state index contributed by atoms with van der Waals surface area (Å²) in [5, 5.41) is 0. The summed E-state index contributed by atoms with van der Waals surface area (Å²) in [6, 6.07) is 8.58. The van der Waals surface area contributed by atoms with Gasteiger partial charge in [-0.25, -0.2) is 0 Å². The molecular formula is C12H21ClN2. The number of nitrogens with two attached hydrogens (primary N) is 2. The second kappa shape index (κ2) is 7.69. The molecule has 0 amide bonds. The Labute approximate surface area is 98.5 Å². The van der Waals surface area contributed by atoms with Crippen LogP contribution in [0.3, 0.4) is 0 Å². The number of hydrogen-bond acceptors (Lipinski definition) is 2. The lowest BCUT2D eigenvalue weighted by Gasteiger charge is -2.12. The van der Waals surface area contributed by atoms with E-state index in [2.05, 4.69) is 31.2 Å². The third-order valence-corrected chi connectivity index (χ3v) is 2.44. The van der Waals surface area contributed by atoms with E-state index in [0.29, 0.717) is 0 Å². The molecule has 15 heavy (non-hydrogen) atoms. The van der Waals surface area contributed by atoms with Gasteiger partial charge in [-0.05, 0) is 31.9 Å². The lowest BCUT2D eigenvalue weighted by Crippen LogP contribution is -2.11. The zero-order valence-electron chi connectivity index (χ0n) is 9.28. The maximum atomic E-state index is 6.06. The molecule has 1 aromatic rings. The van der Waals surface area contributed by atoms with Gasteiger partial charge in [0.1, 0.15) is 0 Å². The predicted octanol–water partition coefficient (Wildman–Crippen LogP) is 2.55. The van der Waals surface area contributed by atoms with E-state index < -0.39 is 0 Å². The molecule has 0 aliphatic rings. The van der Waals surface area contributed by atoms with Crippen molar-refractivity contribution in [1.82, 2.24) is 0 Å². The van der Waals surface area contributed by atoms with E-state index in [1.807, 2.05) is 0 Å². The van der Waals surface area contributed by atoms with Gasteiger partial charge in [-0.3, -0.25) is 0 Å². The van der Waals surface area contributed by atoms with E-state index in [4.69, 9.17) is 11.5 Å². The Hall–Kier alpha value is -0.570. The van der Waals surface area contributed by atoms with Crippen LogP contribution in [0.4, 0.5) is 0 Å². The lowest BCUT2D eigenvalue weighted by molar-refractivity contribution is 0.591. The van der Waals surface area contributed by atoms with Gasteiger partial charge >= 0.3 is 0 Å². The van der Waals surface area contributed by atoms with E-state index in [1.165, 1.54) is 11.1 Å². The number of benzene rings is 1. The first-order valence-electron chi connectivity index (χ1n) is 5.26. The van der Waals surface area contributed by atoms with E-state index in [9.17, 15) is 0 Å². The van der Waals surface area contributed by atoms with Crippen LogP contribution in [0.25, 0.3) is 0 Å². The summed E-state index contributed by atoms with van der Waals surface area (Å²) in [4.78, 5) is 0. The molecule has 0 radical (unpaired) electrons. The fraction of sp³-hybridized carbons (Fsp3) is 0.500. The summed E-state index contributed by atoms with van der Waals surface area (Å²) in [5.74, 6) is 0. The second-order valence-electron chi connectivity index (χ2n) is 3.81. The van der Waals surface area contributed by atoms with Gasteiger partial charge in [0.2, 0.25) is 0 Å². The van der Waals surface area contributed by atoms with E-state index in [-0.39, 0.29) is 18.4 Å². The number of halogens is 1. The standard InChI is InChI=1S/C12H20N2.ClH/c1-10-5-4-6-11(9-10)12(14)7-2-3-8-13;/h4-6,9,12H,2-3,7-8,13-14H2,1H3;1H/t12-;/m1./s1. The molecule has 1 rings (SSSR count). The van der Waals surface area contributed by atoms with Crippen LogP contribution in [-0.4, -0.2) is 6.54 Å². The highest BCUT2D eigenvalue weighted by Gasteiger charge is 2.04. The topological polar surface area (TPSA) is 52.0 Å². The molecule has 0 saturated heterocycles. The molecule has 0 heterocycles. The van der Waals surface area contributed by atoms with Crippen LogP contribution < -0.4 is 11.5 Å². The van der Waals surface area contributed by atoms with Crippen LogP contribution in [0.15, 0.2) is 24.3 Å². The summed E-state index contributed by atoms with van der Waals surface area (Å²) in [7, 11) is 0. The van der Waals surface area contributed by atoms with Gasteiger partial charge in [0.25, 0.3) is 0 Å². The molecule has 0 aromatic heterocycles. The Kier molecular flexibility index (Phi) is 7.39. The molecule has 2 nitrogen and oxygen atoms in total. The molecule has 0 spiro atoms. The van der Waals surface area contributed by atoms with E-state index in [0.717, 1.165) is 25.8 Å². The Bertz CT molecular complexity index is 276. The number of hydrogen-bond donors (Lipinski definition) is 2. The van der Waals surface area contributed by atoms with E-state index in [1.54, 1.807) is 0 Å². The van der Waals surface area contributed by atoms with Crippen molar-refractivity contribution in [3.63, 3.8) is 0 Å². The maximum absolute atomic E-state index is 6.06. The minimum atomic E-state index is 0. The Balaban J connectivity index is 0.00000196. The summed E-state index contributed by atoms with van der Waals surface area (Å²) in [6.45, 7) is 2.86. The highest BCUT2D eigenvalue weighted by atomic mass is 35.5. The molecule has 0 unspecified atom stereocenters. The van der Waals surface area contributed by atoms with Crippen molar-refractivity contribution < 1.29 is 0 Å². The molecule has 1 aromatic carbocycles. The third-order valence-electron chi connectivity index (χ3n) is 2.44. The molecule has 0 aliphatic carbocycles. The summed E-state index contributed by atoms with van der Waals surface area (Å²) >= 11 is 0. The maximum Gasteiger partial charge on any atom is 0.0294 e. The fourth-order valence-corrected chi connectivity index (χ4v) is 1.58. The SMILES string of the molecule is Cc1cccc([C@H](N)CCCCN)c1.Cl. The van der Waals surface area contributed by atoms with Crippen molar-refractivity contribution in [2.75, 3.05) is 6.54 Å². The van der Waals surface area contributed by atoms with Crippen LogP contribution in [0.1, 0.15) is 36.4 Å². The largest absolute Gasteiger partial charge is 0.330 e. The van der Waals surface area contributed by atoms with Crippen LogP contribution >= 0.6 is 12.4 Å². The van der Waals surface area contributed by atoms with Crippen LogP contribution in [0, 0.1) is 6.92 Å². The Morgan fingerprint density at radius 1 is 1.27 bits per heavy atom. The summed E-state index contributed by atoms with van der Waals surface area (Å²) < 4.78 is 0. The van der Waals surface area contributed by atoms with Crippen LogP contribution in [0.5, 0.6) is 0 Å². The average Bonchev–Trinajstić information content (AvgIpc) is 2.18. The molecule has 1 atom stereocenters. The monoisotopic (exact) mass is 228 g/mol. The molecule has 86 valence electrons. The van der Waals surface area contributed by atoms with Gasteiger partial charge in [0.15, 0.2) is 0 Å². The second-order valence-corrected chi connectivity index (χ2v) is 3.81. The van der Waals surface area contributed by atoms with Gasteiger partial charge in [-0.2, -0.15) is 0 Å². The Morgan fingerprint density at radius 3 is 2.60 bits per heavy atom. The van der Waals surface area contributed by atoms with Gasteiger partial charge in [0, 0.05) is 6.04 Å². The molecule has 0 aliphatic heterocycles. The number of unbranched alkanes of at least 4 members (excludes halogenated alkanes) is 1. The molecular weight excluding hydrogens is 208 g/mol. The highest BCUT2D eigenvalue weighted by molar-refractivity contribution is 5.85. The van der Waals surface area contributed by atoms with Crippen molar-refractivity contribution in [3.8, 4) is 0 Å². The van der Waals surface area contributed by atoms with Crippen molar-refractivity contribution in [3.05, 3.63) is 35.4 Å². The van der Waals surface area contributed by atoms with Crippen molar-refractivity contribution in [1.29, 1.82) is 0 Å². The Morgan fingerprint density at radius 2 is 2.00 bits per heavy atom. The van der Waals surface area contributed by atoms with E-state index >= 15 is 0 Å². The number of aryl methyl sites for hydroxylation is 1. The van der Waals surface area contributed by atoms with Gasteiger partial charge in [-0.1, -0.05) is 36.2 Å². The molecule has 4 N–H and O–H groups in total. The molecule has 0 saturated carbocycles. The first kappa shape index (κ1) is 14.4. The van der Waals surface area contributed by atoms with Crippen LogP contribution in [-0.2, 0) is 0 Å². The minimum absolute atomic E-state index is 0. The quantitative estimate of drug-likeness (QED) is 0.762. The highest BCUT2D eigenvalue weighted by Crippen LogP contribution is 2.17. The lowest BCUT2D eigenvalue weighted by atomic mass is 10.0. The molecule has 0 bridgehead atoms. The predicted molar refractivity (Wildman–Crippen MR) is 68.3 cm³/mol. The normalized spacial score (nSPS) is 11.9. The van der Waals surface area contributed by atoms with Gasteiger partial charge in [0.05, 0.1) is 0 Å². The average molecular weight is 229 g/mol. The van der Waals surface area contributed by atoms with Gasteiger partial charge < -0.3 is 11.5 Å². The van der Waals surface area contributed by atoms with Crippen LogP contribution in [0.2, 0.25) is 0 Å². The third kappa shape index (κ3) is 5.17. The number of rotatable bonds is 5. The first-order chi connectivity index (χ1) is 6.74. The van der Waals surface area contributed by atoms with Crippen molar-refractivity contribution in [2.45, 2.75) is 32.2 Å². The zero-order valence-corrected chi connectivity index (χ0v) is 10.1. The van der Waals surface area contributed by atoms with Gasteiger partial charge in [-0.15, -0.1) is 12.4 Å². The van der Waals surface area contributed by atoms with Crippen molar-refractivity contribution in [2.24, 2.45) is 11.5 Å². The summed E-state index contributed by atoms with van der Waals surface area (Å²) in [5.41, 5.74) is 14.0. The van der Waals surface area contributed by atoms with Crippen molar-refractivity contribution >= 4 is 12.4 Å². The smallest absolute Gasteiger partial charge is 0.0294 e. The fourth-order valence-electron chi connectivity index (χ4n) is 1.58. The summed E-state index contributed by atoms with van der Waals surface area (Å²) in [6.07, 6.45) is 3.21. The minimum Gasteiger partial charge on any atom is -0.330 e. The molecule has 0 fully saturated rings. The first-order valence-corrected chi connectivity index (χ1v) is 5.26. The zero-order chi connectivity index (χ0) is 10.4.